The predicted molar refractivity (Wildman–Crippen MR) is 55.3 cm³/mol. The number of rotatable bonds is 3. The summed E-state index contributed by atoms with van der Waals surface area (Å²) in [6.07, 6.45) is 4.83. The molecule has 1 heterocycles. The van der Waals surface area contributed by atoms with E-state index >= 15 is 0 Å². The normalized spacial score (nSPS) is 11.8. The van der Waals surface area contributed by atoms with Gasteiger partial charge >= 0.3 is 0 Å². The zero-order chi connectivity index (χ0) is 9.84. The van der Waals surface area contributed by atoms with Gasteiger partial charge in [-0.1, -0.05) is 30.3 Å². The Hall–Kier alpha value is -1.31. The summed E-state index contributed by atoms with van der Waals surface area (Å²) < 4.78 is 5.08. The van der Waals surface area contributed by atoms with Crippen molar-refractivity contribution in [3.63, 3.8) is 0 Å². The van der Waals surface area contributed by atoms with Crippen LogP contribution in [0.5, 0.6) is 0 Å². The molecule has 0 fully saturated rings. The molecule has 2 heteroatoms. The van der Waals surface area contributed by atoms with Gasteiger partial charge in [0, 0.05) is 5.56 Å². The summed E-state index contributed by atoms with van der Waals surface area (Å²) in [6.45, 7) is 9.83. The molecule has 0 unspecified atom stereocenters. The van der Waals surface area contributed by atoms with Crippen LogP contribution in [0.1, 0.15) is 37.3 Å². The number of hydrogen-bond acceptors (Lipinski definition) is 2. The Bertz CT molecular complexity index is 334. The quantitative estimate of drug-likeness (QED) is 0.706. The van der Waals surface area contributed by atoms with E-state index in [4.69, 9.17) is 4.52 Å². The first-order valence-electron chi connectivity index (χ1n) is 4.45. The van der Waals surface area contributed by atoms with Crippen molar-refractivity contribution in [3.8, 4) is 0 Å². The van der Waals surface area contributed by atoms with Gasteiger partial charge in [0.2, 0.25) is 0 Å². The summed E-state index contributed by atoms with van der Waals surface area (Å²) in [5.74, 6) is 0.755. The minimum Gasteiger partial charge on any atom is -0.356 e. The van der Waals surface area contributed by atoms with Crippen LogP contribution in [0, 0.1) is 6.92 Å². The van der Waals surface area contributed by atoms with E-state index in [1.165, 1.54) is 5.57 Å². The van der Waals surface area contributed by atoms with Crippen LogP contribution >= 0.6 is 0 Å². The molecule has 1 aromatic rings. The average Bonchev–Trinajstić information content (AvgIpc) is 2.48. The van der Waals surface area contributed by atoms with Crippen LogP contribution in [-0.4, -0.2) is 5.16 Å². The average molecular weight is 177 g/mol. The summed E-state index contributed by atoms with van der Waals surface area (Å²) >= 11 is 0. The van der Waals surface area contributed by atoms with Gasteiger partial charge in [0.05, 0.1) is 5.69 Å². The van der Waals surface area contributed by atoms with Crippen molar-refractivity contribution in [1.29, 1.82) is 0 Å². The highest BCUT2D eigenvalue weighted by Gasteiger charge is 2.06. The van der Waals surface area contributed by atoms with Gasteiger partial charge in [-0.25, -0.2) is 0 Å². The standard InChI is InChI=1S/C11H15NO/c1-5-8(3)7-10-9(4)12-13-11(10)6-2/h6-7H,2,5H2,1,3-4H3/b8-7-. The van der Waals surface area contributed by atoms with Gasteiger partial charge < -0.3 is 4.52 Å². The lowest BCUT2D eigenvalue weighted by Gasteiger charge is -1.94. The molecule has 0 spiro atoms. The van der Waals surface area contributed by atoms with Gasteiger partial charge in [0.25, 0.3) is 0 Å². The maximum absolute atomic E-state index is 5.08. The van der Waals surface area contributed by atoms with Crippen molar-refractivity contribution in [2.75, 3.05) is 0 Å². The molecular formula is C11H15NO. The maximum Gasteiger partial charge on any atom is 0.166 e. The van der Waals surface area contributed by atoms with E-state index in [-0.39, 0.29) is 0 Å². The van der Waals surface area contributed by atoms with Crippen LogP contribution in [-0.2, 0) is 0 Å². The fourth-order valence-corrected chi connectivity index (χ4v) is 1.07. The Morgan fingerprint density at radius 3 is 2.85 bits per heavy atom. The molecule has 0 aliphatic rings. The smallest absolute Gasteiger partial charge is 0.166 e. The Labute approximate surface area is 78.9 Å². The van der Waals surface area contributed by atoms with E-state index in [1.807, 2.05) is 6.92 Å². The molecule has 2 nitrogen and oxygen atoms in total. The van der Waals surface area contributed by atoms with Gasteiger partial charge in [-0.05, 0) is 26.3 Å². The van der Waals surface area contributed by atoms with Gasteiger partial charge in [0.15, 0.2) is 5.76 Å². The molecule has 0 N–H and O–H groups in total. The fraction of sp³-hybridized carbons (Fsp3) is 0.364. The molecule has 0 saturated heterocycles. The summed E-state index contributed by atoms with van der Waals surface area (Å²) in [4.78, 5) is 0. The number of nitrogens with zero attached hydrogens (tertiary/aromatic N) is 1. The first-order valence-corrected chi connectivity index (χ1v) is 4.45. The van der Waals surface area contributed by atoms with Gasteiger partial charge in [0.1, 0.15) is 0 Å². The molecule has 0 radical (unpaired) electrons. The second kappa shape index (κ2) is 4.08. The summed E-state index contributed by atoms with van der Waals surface area (Å²) in [6, 6.07) is 0. The van der Waals surface area contributed by atoms with Crippen LogP contribution < -0.4 is 0 Å². The molecule has 70 valence electrons. The number of aromatic nitrogens is 1. The number of aryl methyl sites for hydroxylation is 1. The zero-order valence-electron chi connectivity index (χ0n) is 8.42. The third-order valence-electron chi connectivity index (χ3n) is 2.07. The van der Waals surface area contributed by atoms with Crippen LogP contribution in [0.15, 0.2) is 16.7 Å². The SMILES string of the molecule is C=Cc1onc(C)c1/C=C(/C)CC. The zero-order valence-corrected chi connectivity index (χ0v) is 8.42. The molecule has 0 bridgehead atoms. The molecule has 13 heavy (non-hydrogen) atoms. The largest absolute Gasteiger partial charge is 0.356 e. The van der Waals surface area contributed by atoms with Crippen LogP contribution in [0.25, 0.3) is 12.2 Å². The summed E-state index contributed by atoms with van der Waals surface area (Å²) in [5, 5.41) is 3.88. The minimum absolute atomic E-state index is 0.755. The minimum atomic E-state index is 0.755. The molecule has 0 aliphatic heterocycles. The monoisotopic (exact) mass is 177 g/mol. The first-order chi connectivity index (χ1) is 6.19. The molecule has 1 aromatic heterocycles. The van der Waals surface area contributed by atoms with Gasteiger partial charge in [-0.2, -0.15) is 0 Å². The Morgan fingerprint density at radius 1 is 1.62 bits per heavy atom. The van der Waals surface area contributed by atoms with Crippen LogP contribution in [0.4, 0.5) is 0 Å². The second-order valence-corrected chi connectivity index (χ2v) is 3.09. The van der Waals surface area contributed by atoms with Crippen LogP contribution in [0.3, 0.4) is 0 Å². The molecular weight excluding hydrogens is 162 g/mol. The molecule has 0 aromatic carbocycles. The lowest BCUT2D eigenvalue weighted by molar-refractivity contribution is 0.408. The Balaban J connectivity index is 3.11. The first kappa shape index (κ1) is 9.78. The van der Waals surface area contributed by atoms with Crippen molar-refractivity contribution < 1.29 is 4.52 Å². The van der Waals surface area contributed by atoms with Crippen LogP contribution in [0.2, 0.25) is 0 Å². The molecule has 1 rings (SSSR count). The van der Waals surface area contributed by atoms with Crippen molar-refractivity contribution >= 4 is 12.2 Å². The third-order valence-corrected chi connectivity index (χ3v) is 2.07. The predicted octanol–water partition coefficient (Wildman–Crippen LogP) is 3.44. The summed E-state index contributed by atoms with van der Waals surface area (Å²) in [7, 11) is 0. The van der Waals surface area contributed by atoms with E-state index < -0.39 is 0 Å². The lowest BCUT2D eigenvalue weighted by atomic mass is 10.1. The fourth-order valence-electron chi connectivity index (χ4n) is 1.07. The molecule has 0 amide bonds. The highest BCUT2D eigenvalue weighted by atomic mass is 16.5. The van der Waals surface area contributed by atoms with E-state index in [9.17, 15) is 0 Å². The van der Waals surface area contributed by atoms with Gasteiger partial charge in [-0.15, -0.1) is 0 Å². The van der Waals surface area contributed by atoms with E-state index in [0.717, 1.165) is 23.4 Å². The Morgan fingerprint density at radius 2 is 2.31 bits per heavy atom. The van der Waals surface area contributed by atoms with Crippen molar-refractivity contribution in [2.24, 2.45) is 0 Å². The lowest BCUT2D eigenvalue weighted by Crippen LogP contribution is -1.79. The van der Waals surface area contributed by atoms with E-state index in [1.54, 1.807) is 6.08 Å². The molecule has 0 saturated carbocycles. The third kappa shape index (κ3) is 2.08. The topological polar surface area (TPSA) is 26.0 Å². The van der Waals surface area contributed by atoms with E-state index in [0.29, 0.717) is 0 Å². The van der Waals surface area contributed by atoms with Crippen molar-refractivity contribution in [3.05, 3.63) is 29.2 Å². The Kier molecular flexibility index (Phi) is 3.07. The highest BCUT2D eigenvalue weighted by Crippen LogP contribution is 2.18. The van der Waals surface area contributed by atoms with Crippen molar-refractivity contribution in [1.82, 2.24) is 5.16 Å². The number of hydrogen-bond donors (Lipinski definition) is 0. The maximum atomic E-state index is 5.08. The van der Waals surface area contributed by atoms with Gasteiger partial charge in [-0.3, -0.25) is 0 Å². The highest BCUT2D eigenvalue weighted by molar-refractivity contribution is 5.63. The summed E-state index contributed by atoms with van der Waals surface area (Å²) in [5.41, 5.74) is 3.28. The van der Waals surface area contributed by atoms with E-state index in [2.05, 4.69) is 31.7 Å². The second-order valence-electron chi connectivity index (χ2n) is 3.09. The van der Waals surface area contributed by atoms with Crippen molar-refractivity contribution in [2.45, 2.75) is 27.2 Å². The molecule has 0 aliphatic carbocycles. The molecule has 0 atom stereocenters. The number of allylic oxidation sites excluding steroid dienone is 1.